The molecule has 0 aliphatic carbocycles. The molecule has 9 heavy (non-hydrogen) atoms. The van der Waals surface area contributed by atoms with Crippen LogP contribution in [0.3, 0.4) is 0 Å². The monoisotopic (exact) mass is 178 g/mol. The lowest BCUT2D eigenvalue weighted by atomic mass is 10.5. The van der Waals surface area contributed by atoms with Crippen molar-refractivity contribution in [3.8, 4) is 0 Å². The first kappa shape index (κ1) is 9.61. The Balaban J connectivity index is 2.60. The van der Waals surface area contributed by atoms with Crippen LogP contribution in [0.1, 0.15) is 13.3 Å². The second kappa shape index (κ2) is 8.61. The Morgan fingerprint density at radius 1 is 1.56 bits per heavy atom. The highest BCUT2D eigenvalue weighted by Crippen LogP contribution is 1.87. The van der Waals surface area contributed by atoms with Crippen LogP contribution in [0.25, 0.3) is 0 Å². The minimum absolute atomic E-state index is 0.514. The molecule has 0 aromatic rings. The fraction of sp³-hybridized carbons (Fsp3) is 1.00. The van der Waals surface area contributed by atoms with E-state index in [1.54, 1.807) is 15.8 Å². The molecule has 0 unspecified atom stereocenters. The molecule has 0 radical (unpaired) electrons. The van der Waals surface area contributed by atoms with Crippen LogP contribution >= 0.6 is 0 Å². The number of ether oxygens (including phenoxy) is 1. The second-order valence-electron chi connectivity index (χ2n) is 2.26. The third kappa shape index (κ3) is 8.61. The van der Waals surface area contributed by atoms with Gasteiger partial charge in [-0.15, -0.1) is 0 Å². The first-order valence-corrected chi connectivity index (χ1v) is 14.6. The van der Waals surface area contributed by atoms with Crippen LogP contribution < -0.4 is 0 Å². The van der Waals surface area contributed by atoms with Crippen LogP contribution in [0.2, 0.25) is 6.04 Å². The Morgan fingerprint density at radius 2 is 2.33 bits per heavy atom. The number of hydrogen-bond donors (Lipinski definition) is 0. The minimum atomic E-state index is 0.514. The van der Waals surface area contributed by atoms with Crippen LogP contribution in [0.4, 0.5) is 0 Å². The quantitative estimate of drug-likeness (QED) is 0.350. The predicted molar refractivity (Wildman–Crippen MR) is 52.9 cm³/mol. The molecular weight excluding hydrogens is 160 g/mol. The summed E-state index contributed by atoms with van der Waals surface area (Å²) in [6.07, 6.45) is 1.36. The Morgan fingerprint density at radius 3 is 2.89 bits per heavy atom. The molecule has 0 atom stereocenters. The summed E-state index contributed by atoms with van der Waals surface area (Å²) in [7, 11) is 2.68. The average molecular weight is 178 g/mol. The summed E-state index contributed by atoms with van der Waals surface area (Å²) in [4.78, 5) is 0. The van der Waals surface area contributed by atoms with E-state index >= 15 is 0 Å². The molecule has 0 bridgehead atoms. The second-order valence-corrected chi connectivity index (χ2v) is 18.8. The Kier molecular flexibility index (Phi) is 9.19. The van der Waals surface area contributed by atoms with Gasteiger partial charge in [0.05, 0.1) is 0 Å². The first-order valence-electron chi connectivity index (χ1n) is 3.99. The van der Waals surface area contributed by atoms with E-state index < -0.39 is 0 Å². The van der Waals surface area contributed by atoms with E-state index in [0.717, 1.165) is 13.2 Å². The van der Waals surface area contributed by atoms with Crippen molar-refractivity contribution >= 4 is 27.4 Å². The van der Waals surface area contributed by atoms with Crippen molar-refractivity contribution in [2.24, 2.45) is 0 Å². The van der Waals surface area contributed by atoms with Gasteiger partial charge in [0.1, 0.15) is 0 Å². The number of hydrogen-bond acceptors (Lipinski definition) is 1. The SMILES string of the molecule is CCOCCC[SiH2][SiH2][SiH3]. The summed E-state index contributed by atoms with van der Waals surface area (Å²) in [5.74, 6) is 0. The van der Waals surface area contributed by atoms with Crippen molar-refractivity contribution in [1.29, 1.82) is 0 Å². The molecule has 0 N–H and O–H groups in total. The maximum Gasteiger partial charge on any atom is 0.0462 e. The molecule has 4 heteroatoms. The number of rotatable bonds is 6. The van der Waals surface area contributed by atoms with E-state index in [2.05, 4.69) is 6.92 Å². The molecule has 0 amide bonds. The molecule has 0 aliphatic heterocycles. The van der Waals surface area contributed by atoms with Crippen molar-refractivity contribution < 1.29 is 4.74 Å². The van der Waals surface area contributed by atoms with E-state index in [1.807, 2.05) is 0 Å². The van der Waals surface area contributed by atoms with Gasteiger partial charge in [0.25, 0.3) is 0 Å². The molecule has 0 spiro atoms. The van der Waals surface area contributed by atoms with Gasteiger partial charge < -0.3 is 4.74 Å². The summed E-state index contributed by atoms with van der Waals surface area (Å²) in [6.45, 7) is 4.00. The fourth-order valence-corrected chi connectivity index (χ4v) is 8.89. The van der Waals surface area contributed by atoms with Gasteiger partial charge in [-0.2, -0.15) is 0 Å². The molecule has 0 aliphatic rings. The molecule has 0 aromatic heterocycles. The smallest absolute Gasteiger partial charge is 0.0462 e. The summed E-state index contributed by atoms with van der Waals surface area (Å²) >= 11 is 0. The van der Waals surface area contributed by atoms with E-state index in [4.69, 9.17) is 4.74 Å². The molecule has 0 heterocycles. The van der Waals surface area contributed by atoms with E-state index in [9.17, 15) is 0 Å². The van der Waals surface area contributed by atoms with Crippen molar-refractivity contribution in [2.75, 3.05) is 13.2 Å². The summed E-state index contributed by atoms with van der Waals surface area (Å²) < 4.78 is 5.23. The normalized spacial score (nSPS) is 13.0. The molecule has 1 nitrogen and oxygen atoms in total. The van der Waals surface area contributed by atoms with Crippen molar-refractivity contribution in [3.63, 3.8) is 0 Å². The summed E-state index contributed by atoms with van der Waals surface area (Å²) in [6, 6.07) is 1.57. The van der Waals surface area contributed by atoms with Gasteiger partial charge >= 0.3 is 0 Å². The predicted octanol–water partition coefficient (Wildman–Crippen LogP) is -1.64. The van der Waals surface area contributed by atoms with Crippen molar-refractivity contribution in [3.05, 3.63) is 0 Å². The summed E-state index contributed by atoms with van der Waals surface area (Å²) in [5.41, 5.74) is 0. The average Bonchev–Trinajstić information content (AvgIpc) is 1.89. The van der Waals surface area contributed by atoms with Crippen molar-refractivity contribution in [2.45, 2.75) is 19.4 Å². The lowest BCUT2D eigenvalue weighted by Crippen LogP contribution is -2.04. The van der Waals surface area contributed by atoms with Gasteiger partial charge in [-0.3, -0.25) is 0 Å². The van der Waals surface area contributed by atoms with Crippen LogP contribution in [-0.4, -0.2) is 40.6 Å². The third-order valence-electron chi connectivity index (χ3n) is 1.35. The molecule has 0 fully saturated rings. The highest BCUT2D eigenvalue weighted by molar-refractivity contribution is 7.23. The van der Waals surface area contributed by atoms with E-state index in [0.29, 0.717) is 17.6 Å². The van der Waals surface area contributed by atoms with Gasteiger partial charge in [-0.25, -0.2) is 0 Å². The van der Waals surface area contributed by atoms with Gasteiger partial charge in [0, 0.05) is 22.3 Å². The van der Waals surface area contributed by atoms with Crippen LogP contribution in [-0.2, 0) is 4.74 Å². The zero-order chi connectivity index (χ0) is 6.95. The molecule has 0 aromatic carbocycles. The third-order valence-corrected chi connectivity index (χ3v) is 13.0. The minimum Gasteiger partial charge on any atom is -0.382 e. The maximum absolute atomic E-state index is 5.23. The standard InChI is InChI=1S/C5H18OSi3/c1-2-6-4-3-5-8-9-7/h2-5,8-9H2,1,7H3. The molecule has 56 valence electrons. The van der Waals surface area contributed by atoms with Gasteiger partial charge in [-0.05, 0) is 31.7 Å². The summed E-state index contributed by atoms with van der Waals surface area (Å²) in [5, 5.41) is 0. The fourth-order valence-electron chi connectivity index (χ4n) is 0.775. The lowest BCUT2D eigenvalue weighted by Gasteiger charge is -1.97. The molecule has 0 saturated carbocycles. The Hall–Kier alpha value is 0.611. The molecule has 0 saturated heterocycles. The molecule has 0 rings (SSSR count). The van der Waals surface area contributed by atoms with E-state index in [-0.39, 0.29) is 0 Å². The maximum atomic E-state index is 5.23. The largest absolute Gasteiger partial charge is 0.382 e. The van der Waals surface area contributed by atoms with Crippen LogP contribution in [0.5, 0.6) is 0 Å². The Bertz CT molecular complexity index is 45.5. The van der Waals surface area contributed by atoms with Gasteiger partial charge in [0.2, 0.25) is 0 Å². The topological polar surface area (TPSA) is 9.23 Å². The highest BCUT2D eigenvalue weighted by Gasteiger charge is 1.86. The Labute approximate surface area is 65.2 Å². The van der Waals surface area contributed by atoms with Gasteiger partial charge in [0.15, 0.2) is 0 Å². The van der Waals surface area contributed by atoms with Gasteiger partial charge in [-0.1, -0.05) is 6.04 Å². The van der Waals surface area contributed by atoms with Crippen LogP contribution in [0, 0.1) is 0 Å². The first-order chi connectivity index (χ1) is 4.41. The highest BCUT2D eigenvalue weighted by atomic mass is 29.5. The van der Waals surface area contributed by atoms with E-state index in [1.165, 1.54) is 6.42 Å². The zero-order valence-electron chi connectivity index (χ0n) is 6.65. The van der Waals surface area contributed by atoms with Crippen LogP contribution in [0.15, 0.2) is 0 Å². The molecular formula is C5H18OSi3. The van der Waals surface area contributed by atoms with Crippen molar-refractivity contribution in [1.82, 2.24) is 0 Å². The lowest BCUT2D eigenvalue weighted by molar-refractivity contribution is 0.148. The zero-order valence-corrected chi connectivity index (χ0v) is 11.5.